The fraction of sp³-hybridized carbons (Fsp3) is 0.0435. The fourth-order valence-corrected chi connectivity index (χ4v) is 7.09. The van der Waals surface area contributed by atoms with Crippen LogP contribution in [0.1, 0.15) is 0 Å². The molecule has 0 heterocycles. The van der Waals surface area contributed by atoms with Gasteiger partial charge in [0, 0.05) is 0 Å². The van der Waals surface area contributed by atoms with Gasteiger partial charge in [-0.1, -0.05) is 54.6 Å². The van der Waals surface area contributed by atoms with Crippen LogP contribution in [0.5, 0.6) is 0 Å². The van der Waals surface area contributed by atoms with Gasteiger partial charge in [-0.05, 0) is 79.1 Å². The molecule has 0 N–H and O–H groups in total. The van der Waals surface area contributed by atoms with E-state index in [4.69, 9.17) is 12.3 Å². The van der Waals surface area contributed by atoms with Gasteiger partial charge in [0.1, 0.15) is 0 Å². The molecule has 0 aliphatic carbocycles. The van der Waals surface area contributed by atoms with E-state index < -0.39 is 9.04 Å². The molecule has 5 aromatic carbocycles. The van der Waals surface area contributed by atoms with E-state index in [1.165, 1.54) is 48.3 Å². The van der Waals surface area contributed by atoms with Crippen molar-refractivity contribution in [1.29, 1.82) is 0 Å². The van der Waals surface area contributed by atoms with Crippen LogP contribution < -0.4 is 5.19 Å². The quantitative estimate of drug-likeness (QED) is 0.166. The van der Waals surface area contributed by atoms with E-state index in [9.17, 15) is 0 Å². The lowest BCUT2D eigenvalue weighted by molar-refractivity contribution is 0.436. The average Bonchev–Trinajstić information content (AvgIpc) is 2.78. The van der Waals surface area contributed by atoms with E-state index in [-0.39, 0.29) is 20.0 Å². The summed E-state index contributed by atoms with van der Waals surface area (Å²) < 4.78 is 16.1. The fourth-order valence-electron chi connectivity index (χ4n) is 4.01. The monoisotopic (exact) mass is 452 g/mol. The summed E-state index contributed by atoms with van der Waals surface area (Å²) in [5.41, 5.74) is 0. The largest absolute Gasteiger partial charge is 0.435 e. The molecule has 3 nitrogen and oxygen atoms in total. The van der Waals surface area contributed by atoms with Gasteiger partial charge >= 0.3 is 20.0 Å². The van der Waals surface area contributed by atoms with Crippen LogP contribution in [-0.2, 0) is 12.3 Å². The second-order valence-electron chi connectivity index (χ2n) is 7.12. The highest BCUT2D eigenvalue weighted by Gasteiger charge is 2.15. The normalized spacial score (nSPS) is 12.0. The van der Waals surface area contributed by atoms with Crippen LogP contribution in [0.3, 0.4) is 0 Å². The van der Waals surface area contributed by atoms with Crippen molar-refractivity contribution in [3.63, 3.8) is 0 Å². The summed E-state index contributed by atoms with van der Waals surface area (Å²) >= 11 is 0. The highest BCUT2D eigenvalue weighted by Crippen LogP contribution is 2.32. The van der Waals surface area contributed by atoms with E-state index in [0.29, 0.717) is 0 Å². The number of fused-ring (bicyclic) bond motifs is 5. The topological polar surface area (TPSA) is 27.7 Å². The molecule has 5 rings (SSSR count). The van der Waals surface area contributed by atoms with Crippen LogP contribution >= 0.6 is 0 Å². The van der Waals surface area contributed by atoms with Crippen molar-refractivity contribution < 1.29 is 12.3 Å². The Morgan fingerprint density at radius 1 is 0.667 bits per heavy atom. The molecule has 0 atom stereocenters. The molecule has 0 aliphatic heterocycles. The van der Waals surface area contributed by atoms with E-state index >= 15 is 0 Å². The molecule has 142 valence electrons. The zero-order valence-corrected chi connectivity index (χ0v) is 20.2. The van der Waals surface area contributed by atoms with Gasteiger partial charge in [0.2, 0.25) is 19.5 Å². The van der Waals surface area contributed by atoms with Crippen LogP contribution in [0.15, 0.2) is 78.9 Å². The van der Waals surface area contributed by atoms with Gasteiger partial charge in [0.15, 0.2) is 0 Å². The molecule has 7 heteroatoms. The van der Waals surface area contributed by atoms with Crippen molar-refractivity contribution in [2.75, 3.05) is 0 Å². The number of rotatable bonds is 6. The average molecular weight is 453 g/mol. The molecule has 0 aliphatic rings. The minimum atomic E-state index is -1.21. The first-order chi connectivity index (χ1) is 14.7. The Morgan fingerprint density at radius 2 is 1.30 bits per heavy atom. The SMILES string of the molecule is C[Si](O[Si]O[Si]O[Si])c1cccc2cc3ccc4cc5ccccc5cc4c3cc12. The molecule has 0 unspecified atom stereocenters. The lowest BCUT2D eigenvalue weighted by Crippen LogP contribution is -2.33. The van der Waals surface area contributed by atoms with Crippen molar-refractivity contribution in [2.24, 2.45) is 0 Å². The standard InChI is InChI=1S/C23H16O3Si4/c1-30(26-29-25-28-24-27)23-8-4-7-17-12-19-10-9-18-11-15-5-2-3-6-16(15)13-20(18)21(19)14-22(17)23/h2-14H,1H3. The maximum Gasteiger partial charge on any atom is 0.411 e. The highest BCUT2D eigenvalue weighted by atomic mass is 28.4. The summed E-state index contributed by atoms with van der Waals surface area (Å²) in [6.07, 6.45) is 0. The summed E-state index contributed by atoms with van der Waals surface area (Å²) in [5, 5.41) is 11.4. The lowest BCUT2D eigenvalue weighted by atomic mass is 9.96. The van der Waals surface area contributed by atoms with Crippen molar-refractivity contribution in [1.82, 2.24) is 0 Å². The number of hydrogen-bond donors (Lipinski definition) is 0. The van der Waals surface area contributed by atoms with Gasteiger partial charge in [-0.25, -0.2) is 0 Å². The molecular weight excluding hydrogens is 437 g/mol. The Balaban J connectivity index is 1.67. The van der Waals surface area contributed by atoms with Crippen molar-refractivity contribution >= 4 is 87.8 Å². The first-order valence-corrected chi connectivity index (χ1v) is 13.5. The second-order valence-corrected chi connectivity index (χ2v) is 11.5. The smallest absolute Gasteiger partial charge is 0.411 e. The molecule has 0 saturated heterocycles. The first kappa shape index (κ1) is 19.8. The predicted octanol–water partition coefficient (Wildman–Crippen LogP) is 4.33. The summed E-state index contributed by atoms with van der Waals surface area (Å²) in [6.45, 7) is 2.16. The Bertz CT molecular complexity index is 1370. The molecule has 0 amide bonds. The Morgan fingerprint density at radius 3 is 2.07 bits per heavy atom. The summed E-state index contributed by atoms with van der Waals surface area (Å²) in [7, 11) is 1.65. The van der Waals surface area contributed by atoms with Crippen LogP contribution in [0.2, 0.25) is 6.55 Å². The highest BCUT2D eigenvalue weighted by molar-refractivity contribution is 6.72. The molecule has 0 bridgehead atoms. The van der Waals surface area contributed by atoms with E-state index in [1.807, 2.05) is 0 Å². The van der Waals surface area contributed by atoms with Gasteiger partial charge in [-0.3, -0.25) is 0 Å². The maximum atomic E-state index is 6.01. The summed E-state index contributed by atoms with van der Waals surface area (Å²) in [6, 6.07) is 28.7. The molecular formula is C23H16O3Si4. The van der Waals surface area contributed by atoms with Crippen LogP contribution in [0.4, 0.5) is 0 Å². The molecule has 0 fully saturated rings. The first-order valence-electron chi connectivity index (χ1n) is 9.52. The van der Waals surface area contributed by atoms with Gasteiger partial charge in [0.05, 0.1) is 0 Å². The van der Waals surface area contributed by atoms with E-state index in [2.05, 4.69) is 95.9 Å². The lowest BCUT2D eigenvalue weighted by Gasteiger charge is -2.14. The van der Waals surface area contributed by atoms with E-state index in [1.54, 1.807) is 0 Å². The predicted molar refractivity (Wildman–Crippen MR) is 128 cm³/mol. The summed E-state index contributed by atoms with van der Waals surface area (Å²) in [5.74, 6) is 0. The Labute approximate surface area is 185 Å². The maximum absolute atomic E-state index is 6.01. The van der Waals surface area contributed by atoms with Crippen molar-refractivity contribution in [3.8, 4) is 0 Å². The molecule has 30 heavy (non-hydrogen) atoms. The van der Waals surface area contributed by atoms with E-state index in [0.717, 1.165) is 0 Å². The Kier molecular flexibility index (Phi) is 5.66. The van der Waals surface area contributed by atoms with Gasteiger partial charge in [0.25, 0.3) is 0 Å². The van der Waals surface area contributed by atoms with Gasteiger partial charge < -0.3 is 12.3 Å². The summed E-state index contributed by atoms with van der Waals surface area (Å²) in [4.78, 5) is 0. The number of hydrogen-bond acceptors (Lipinski definition) is 3. The zero-order valence-electron chi connectivity index (χ0n) is 16.2. The Hall–Kier alpha value is -2.11. The minimum Gasteiger partial charge on any atom is -0.435 e. The van der Waals surface area contributed by atoms with Gasteiger partial charge in [-0.2, -0.15) is 0 Å². The molecule has 5 aromatic rings. The third-order valence-electron chi connectivity index (χ3n) is 5.40. The zero-order chi connectivity index (χ0) is 20.5. The van der Waals surface area contributed by atoms with Crippen LogP contribution in [0.25, 0.3) is 43.1 Å². The molecule has 8 radical (unpaired) electrons. The minimum absolute atomic E-state index is 0.0278. The molecule has 0 spiro atoms. The van der Waals surface area contributed by atoms with Crippen molar-refractivity contribution in [3.05, 3.63) is 78.9 Å². The van der Waals surface area contributed by atoms with Crippen LogP contribution in [-0.4, -0.2) is 39.5 Å². The third-order valence-corrected chi connectivity index (χ3v) is 9.15. The van der Waals surface area contributed by atoms with Crippen LogP contribution in [0, 0.1) is 0 Å². The van der Waals surface area contributed by atoms with Gasteiger partial charge in [-0.15, -0.1) is 0 Å². The third kappa shape index (κ3) is 3.69. The second kappa shape index (κ2) is 8.56. The molecule has 0 aromatic heterocycles. The van der Waals surface area contributed by atoms with Crippen molar-refractivity contribution in [2.45, 2.75) is 6.55 Å². The number of benzene rings is 5. The molecule has 0 saturated carbocycles.